The Bertz CT molecular complexity index is 2550. The van der Waals surface area contributed by atoms with Crippen LogP contribution < -0.4 is 9.47 Å². The lowest BCUT2D eigenvalue weighted by Crippen LogP contribution is -2.15. The Hall–Kier alpha value is -4.64. The Morgan fingerprint density at radius 3 is 1.50 bits per heavy atom. The van der Waals surface area contributed by atoms with Crippen molar-refractivity contribution in [1.82, 2.24) is 0 Å². The summed E-state index contributed by atoms with van der Waals surface area (Å²) in [4.78, 5) is 24.6. The molecule has 0 aromatic carbocycles. The Morgan fingerprint density at radius 2 is 1.09 bits per heavy atom. The SMILES string of the molecule is [C-]#[N+]C(=Nc1cc(OCCC)c(-c2cc3c(s2)-c2sc4c5c(sc4c2C3(C)C)-c2sc(-c3sc(N=C(C#N)C#N)cc3OCCC)cc2C5(C)C)s1)[N+]#[C-]. The zero-order valence-electron chi connectivity index (χ0n) is 30.1. The zero-order valence-corrected chi connectivity index (χ0v) is 35.0. The number of aliphatic imine (C=N–C) groups is 2. The summed E-state index contributed by atoms with van der Waals surface area (Å²) in [6.45, 7) is 29.2. The van der Waals surface area contributed by atoms with Crippen molar-refractivity contribution in [2.75, 3.05) is 13.2 Å². The first-order chi connectivity index (χ1) is 26.0. The van der Waals surface area contributed by atoms with Gasteiger partial charge >= 0.3 is 5.96 Å². The highest BCUT2D eigenvalue weighted by Gasteiger charge is 2.47. The maximum atomic E-state index is 9.31. The number of thiophene rings is 6. The lowest BCUT2D eigenvalue weighted by Gasteiger charge is -2.21. The number of hydrogen-bond acceptors (Lipinski definition) is 12. The largest absolute Gasteiger partial charge is 0.635 e. The summed E-state index contributed by atoms with van der Waals surface area (Å²) in [6, 6.07) is 12.0. The summed E-state index contributed by atoms with van der Waals surface area (Å²) in [6.07, 6.45) is 1.73. The van der Waals surface area contributed by atoms with Crippen molar-refractivity contribution in [3.63, 3.8) is 0 Å². The van der Waals surface area contributed by atoms with Crippen LogP contribution in [-0.2, 0) is 10.8 Å². The molecule has 6 aromatic rings. The Labute approximate surface area is 337 Å². The number of nitriles is 2. The van der Waals surface area contributed by atoms with Crippen molar-refractivity contribution in [1.29, 1.82) is 10.5 Å². The van der Waals surface area contributed by atoms with Crippen LogP contribution >= 0.6 is 68.0 Å². The highest BCUT2D eigenvalue weighted by molar-refractivity contribution is 7.35. The molecule has 6 aromatic heterocycles. The molecule has 0 spiro atoms. The normalized spacial score (nSPS) is 13.9. The van der Waals surface area contributed by atoms with Gasteiger partial charge in [0.15, 0.2) is 0 Å². The van der Waals surface area contributed by atoms with Gasteiger partial charge in [0.2, 0.25) is 5.71 Å². The third kappa shape index (κ3) is 5.56. The monoisotopic (exact) mass is 818 g/mol. The molecule has 6 heterocycles. The Kier molecular flexibility index (Phi) is 9.14. The fourth-order valence-corrected chi connectivity index (χ4v) is 15.7. The summed E-state index contributed by atoms with van der Waals surface area (Å²) in [7, 11) is 0. The first-order valence-electron chi connectivity index (χ1n) is 17.1. The van der Waals surface area contributed by atoms with Gasteiger partial charge in [-0.25, -0.2) is 14.7 Å². The van der Waals surface area contributed by atoms with Gasteiger partial charge in [-0.05, 0) is 60.4 Å². The highest BCUT2D eigenvalue weighted by atomic mass is 32.1. The van der Waals surface area contributed by atoms with Crippen molar-refractivity contribution in [3.05, 3.63) is 69.4 Å². The maximum absolute atomic E-state index is 9.31. The molecule has 8 nitrogen and oxygen atoms in total. The summed E-state index contributed by atoms with van der Waals surface area (Å²) < 4.78 is 15.1. The topological polar surface area (TPSA) is 99.5 Å². The molecule has 0 radical (unpaired) electrons. The molecule has 0 bridgehead atoms. The molecule has 0 aliphatic heterocycles. The average Bonchev–Trinajstić information content (AvgIpc) is 4.00. The number of hydrogen-bond donors (Lipinski definition) is 0. The molecular weight excluding hydrogens is 789 g/mol. The minimum atomic E-state index is -0.212. The van der Waals surface area contributed by atoms with Crippen LogP contribution in [0.1, 0.15) is 76.6 Å². The minimum absolute atomic E-state index is 0.172. The minimum Gasteiger partial charge on any atom is -0.492 e. The predicted octanol–water partition coefficient (Wildman–Crippen LogP) is 13.7. The second kappa shape index (κ2) is 13.6. The van der Waals surface area contributed by atoms with Crippen LogP contribution in [0, 0.1) is 35.8 Å². The summed E-state index contributed by atoms with van der Waals surface area (Å²) >= 11 is 10.3. The van der Waals surface area contributed by atoms with E-state index >= 15 is 0 Å². The number of guanidine groups is 1. The van der Waals surface area contributed by atoms with Gasteiger partial charge < -0.3 is 9.47 Å². The Morgan fingerprint density at radius 1 is 0.648 bits per heavy atom. The van der Waals surface area contributed by atoms with E-state index in [2.05, 4.69) is 73.3 Å². The second-order valence-corrected chi connectivity index (χ2v) is 20.0. The number of nitrogens with zero attached hydrogens (tertiary/aromatic N) is 6. The van der Waals surface area contributed by atoms with Crippen LogP contribution in [0.25, 0.3) is 58.1 Å². The first kappa shape index (κ1) is 36.3. The third-order valence-corrected chi connectivity index (χ3v) is 17.1. The van der Waals surface area contributed by atoms with Crippen molar-refractivity contribution >= 4 is 99.1 Å². The lowest BCUT2D eigenvalue weighted by atomic mass is 9.82. The quantitative estimate of drug-likeness (QED) is 0.0780. The van der Waals surface area contributed by atoms with E-state index in [-0.39, 0.29) is 22.5 Å². The van der Waals surface area contributed by atoms with Gasteiger partial charge in [0.1, 0.15) is 28.6 Å². The third-order valence-electron chi connectivity index (χ3n) is 9.58. The number of ether oxygens (including phenoxy) is 2. The van der Waals surface area contributed by atoms with E-state index in [1.165, 1.54) is 73.8 Å². The molecule has 0 atom stereocenters. The van der Waals surface area contributed by atoms with E-state index in [1.54, 1.807) is 22.7 Å². The second-order valence-electron chi connectivity index (χ2n) is 13.8. The van der Waals surface area contributed by atoms with E-state index in [1.807, 2.05) is 46.9 Å². The van der Waals surface area contributed by atoms with E-state index in [0.717, 1.165) is 43.8 Å². The van der Waals surface area contributed by atoms with Gasteiger partial charge in [0.25, 0.3) is 5.00 Å². The smallest absolute Gasteiger partial charge is 0.492 e. The molecule has 2 aliphatic rings. The fraction of sp³-hybridized carbons (Fsp3) is 0.300. The van der Waals surface area contributed by atoms with Gasteiger partial charge in [-0.2, -0.15) is 10.5 Å². The van der Waals surface area contributed by atoms with E-state index < -0.39 is 0 Å². The number of fused-ring (bicyclic) bond motifs is 9. The molecule has 0 saturated heterocycles. The van der Waals surface area contributed by atoms with Crippen molar-refractivity contribution in [2.45, 2.75) is 65.2 Å². The first-order valence-corrected chi connectivity index (χ1v) is 22.0. The van der Waals surface area contributed by atoms with Crippen LogP contribution in [0.4, 0.5) is 10.0 Å². The summed E-state index contributed by atoms with van der Waals surface area (Å²) in [5.74, 6) is 1.28. The van der Waals surface area contributed by atoms with Crippen molar-refractivity contribution in [3.8, 4) is 62.7 Å². The molecule has 0 amide bonds. The lowest BCUT2D eigenvalue weighted by molar-refractivity contribution is 0.320. The number of rotatable bonds is 10. The molecular formula is C40H30N6O2S6. The van der Waals surface area contributed by atoms with E-state index in [0.29, 0.717) is 23.2 Å². The zero-order chi connectivity index (χ0) is 38.1. The van der Waals surface area contributed by atoms with E-state index in [4.69, 9.17) is 22.6 Å². The van der Waals surface area contributed by atoms with Crippen LogP contribution in [-0.4, -0.2) is 24.9 Å². The molecule has 0 saturated carbocycles. The molecule has 268 valence electrons. The average molecular weight is 819 g/mol. The highest BCUT2D eigenvalue weighted by Crippen LogP contribution is 2.67. The predicted molar refractivity (Wildman–Crippen MR) is 227 cm³/mol. The standard InChI is InChI=1S/C40H30N6O2S6/c1-9-11-47-22-15-26(45-19(17-41)18-42)51-32(22)24-13-20-30(49-24)34-28(39(20,3)4)36-37(53-34)29-35(54-36)31-21(40(29,5)6)14-25(50-31)33-23(48-12-10-2)16-27(52-33)46-38(43-7)44-8/h13-16H,9-12H2,1-6H3. The molecule has 0 fully saturated rings. The Balaban J connectivity index is 1.21. The van der Waals surface area contributed by atoms with Crippen LogP contribution in [0.15, 0.2) is 34.3 Å². The van der Waals surface area contributed by atoms with E-state index in [9.17, 15) is 10.5 Å². The van der Waals surface area contributed by atoms with Gasteiger partial charge in [-0.1, -0.05) is 52.9 Å². The molecule has 0 N–H and O–H groups in total. The van der Waals surface area contributed by atoms with Gasteiger partial charge in [0, 0.05) is 41.4 Å². The summed E-state index contributed by atoms with van der Waals surface area (Å²) in [5, 5.41) is 19.8. The van der Waals surface area contributed by atoms with Gasteiger partial charge in [-0.3, -0.25) is 0 Å². The molecule has 2 aliphatic carbocycles. The van der Waals surface area contributed by atoms with Crippen molar-refractivity contribution in [2.24, 2.45) is 9.98 Å². The van der Waals surface area contributed by atoms with Crippen LogP contribution in [0.2, 0.25) is 0 Å². The molecule has 14 heteroatoms. The van der Waals surface area contributed by atoms with Gasteiger partial charge in [0.05, 0.1) is 48.2 Å². The van der Waals surface area contributed by atoms with Crippen LogP contribution in [0.5, 0.6) is 11.5 Å². The van der Waals surface area contributed by atoms with Crippen molar-refractivity contribution < 1.29 is 9.47 Å². The molecule has 8 rings (SSSR count). The fourth-order valence-electron chi connectivity index (χ4n) is 7.11. The van der Waals surface area contributed by atoms with Crippen LogP contribution in [0.3, 0.4) is 0 Å². The molecule has 0 unspecified atom stereocenters. The maximum Gasteiger partial charge on any atom is 0.635 e. The summed E-state index contributed by atoms with van der Waals surface area (Å²) in [5.41, 5.74) is 4.84. The molecule has 54 heavy (non-hydrogen) atoms. The van der Waals surface area contributed by atoms with Gasteiger partial charge in [-0.15, -0.1) is 56.7 Å².